The normalized spacial score (nSPS) is 20.6. The van der Waals surface area contributed by atoms with Crippen molar-refractivity contribution in [2.75, 3.05) is 25.6 Å². The van der Waals surface area contributed by atoms with Crippen LogP contribution in [-0.4, -0.2) is 31.1 Å². The molecule has 0 radical (unpaired) electrons. The molecule has 5 heteroatoms. The lowest BCUT2D eigenvalue weighted by molar-refractivity contribution is 0.0454. The summed E-state index contributed by atoms with van der Waals surface area (Å²) in [7, 11) is 1.66. The first-order valence-electron chi connectivity index (χ1n) is 7.39. The number of ether oxygens (including phenoxy) is 1. The number of rotatable bonds is 5. The quantitative estimate of drug-likeness (QED) is 0.862. The Morgan fingerprint density at radius 3 is 2.82 bits per heavy atom. The van der Waals surface area contributed by atoms with E-state index in [0.717, 1.165) is 12.1 Å². The van der Waals surface area contributed by atoms with Crippen LogP contribution < -0.4 is 5.32 Å². The van der Waals surface area contributed by atoms with Crippen LogP contribution in [0, 0.1) is 0 Å². The van der Waals surface area contributed by atoms with Gasteiger partial charge >= 0.3 is 0 Å². The summed E-state index contributed by atoms with van der Waals surface area (Å²) in [6, 6.07) is 11.3. The average molecular weight is 300 g/mol. The summed E-state index contributed by atoms with van der Waals surface area (Å²) in [6.45, 7) is 3.16. The molecule has 1 aliphatic rings. The number of nitrogens with zero attached hydrogens (tertiary/aromatic N) is 1. The number of methoxy groups -OCH3 is 1. The number of fused-ring (bicyclic) bond motifs is 1. The fourth-order valence-corrected chi connectivity index (χ4v) is 2.90. The lowest BCUT2D eigenvalue weighted by atomic mass is 9.98. The first-order chi connectivity index (χ1) is 10.7. The lowest BCUT2D eigenvalue weighted by Gasteiger charge is -2.45. The summed E-state index contributed by atoms with van der Waals surface area (Å²) in [5.74, 6) is 0.720. The smallest absolute Gasteiger partial charge is 0.258 e. The van der Waals surface area contributed by atoms with Crippen molar-refractivity contribution in [3.8, 4) is 0 Å². The van der Waals surface area contributed by atoms with Gasteiger partial charge in [0.05, 0.1) is 11.8 Å². The third-order valence-electron chi connectivity index (χ3n) is 4.05. The minimum absolute atomic E-state index is 0.00403. The molecule has 0 saturated carbocycles. The molecule has 1 aromatic carbocycles. The van der Waals surface area contributed by atoms with Gasteiger partial charge in [0.15, 0.2) is 5.66 Å². The molecule has 0 bridgehead atoms. The fraction of sp³-hybridized carbons (Fsp3) is 0.353. The maximum atomic E-state index is 12.9. The SMILES string of the molecule is COCCCN1C(=O)c2ccccc2NC1(C)c1ccco1. The molecule has 0 saturated heterocycles. The summed E-state index contributed by atoms with van der Waals surface area (Å²) in [5, 5.41) is 3.45. The third kappa shape index (κ3) is 2.37. The Hall–Kier alpha value is -2.27. The Labute approximate surface area is 129 Å². The number of furan rings is 1. The molecule has 22 heavy (non-hydrogen) atoms. The van der Waals surface area contributed by atoms with Crippen molar-refractivity contribution >= 4 is 11.6 Å². The molecule has 1 aliphatic heterocycles. The molecule has 1 N–H and O–H groups in total. The van der Waals surface area contributed by atoms with E-state index in [0.29, 0.717) is 24.5 Å². The molecule has 2 heterocycles. The number of anilines is 1. The molecule has 5 nitrogen and oxygen atoms in total. The van der Waals surface area contributed by atoms with Crippen molar-refractivity contribution in [1.82, 2.24) is 4.90 Å². The minimum Gasteiger partial charge on any atom is -0.465 e. The number of carbonyl (C=O) groups excluding carboxylic acids is 1. The zero-order valence-corrected chi connectivity index (χ0v) is 12.8. The number of benzene rings is 1. The molecular weight excluding hydrogens is 280 g/mol. The van der Waals surface area contributed by atoms with Crippen LogP contribution in [0.2, 0.25) is 0 Å². The van der Waals surface area contributed by atoms with Crippen LogP contribution in [0.1, 0.15) is 29.5 Å². The van der Waals surface area contributed by atoms with Gasteiger partial charge in [0.25, 0.3) is 5.91 Å². The molecular formula is C17H20N2O3. The minimum atomic E-state index is -0.706. The van der Waals surface area contributed by atoms with Crippen molar-refractivity contribution in [1.29, 1.82) is 0 Å². The van der Waals surface area contributed by atoms with Gasteiger partial charge < -0.3 is 19.4 Å². The number of para-hydroxylation sites is 1. The second-order valence-corrected chi connectivity index (χ2v) is 5.52. The van der Waals surface area contributed by atoms with Crippen LogP contribution in [0.15, 0.2) is 47.1 Å². The Morgan fingerprint density at radius 2 is 2.09 bits per heavy atom. The Kier molecular flexibility index (Phi) is 3.90. The standard InChI is InChI=1S/C17H20N2O3/c1-17(15-9-5-12-22-15)18-14-8-4-3-7-13(14)16(20)19(17)10-6-11-21-2/h3-5,7-9,12,18H,6,10-11H2,1-2H3. The zero-order chi connectivity index (χ0) is 15.6. The highest BCUT2D eigenvalue weighted by atomic mass is 16.5. The van der Waals surface area contributed by atoms with Crippen molar-refractivity contribution in [2.45, 2.75) is 19.0 Å². The average Bonchev–Trinajstić information content (AvgIpc) is 3.06. The summed E-state index contributed by atoms with van der Waals surface area (Å²) in [4.78, 5) is 14.7. The first-order valence-corrected chi connectivity index (χ1v) is 7.39. The molecule has 1 aromatic heterocycles. The number of amides is 1. The van der Waals surface area contributed by atoms with Gasteiger partial charge in [-0.1, -0.05) is 12.1 Å². The number of hydrogen-bond acceptors (Lipinski definition) is 4. The number of hydrogen-bond donors (Lipinski definition) is 1. The van der Waals surface area contributed by atoms with Gasteiger partial charge in [-0.05, 0) is 37.6 Å². The highest BCUT2D eigenvalue weighted by Crippen LogP contribution is 2.37. The van der Waals surface area contributed by atoms with E-state index in [1.807, 2.05) is 48.2 Å². The van der Waals surface area contributed by atoms with Crippen molar-refractivity contribution < 1.29 is 13.9 Å². The van der Waals surface area contributed by atoms with Crippen LogP contribution in [0.5, 0.6) is 0 Å². The molecule has 1 unspecified atom stereocenters. The van der Waals surface area contributed by atoms with Crippen molar-refractivity contribution in [3.05, 3.63) is 54.0 Å². The van der Waals surface area contributed by atoms with Gasteiger partial charge in [-0.25, -0.2) is 0 Å². The molecule has 0 fully saturated rings. The van der Waals surface area contributed by atoms with Crippen LogP contribution in [0.25, 0.3) is 0 Å². The van der Waals surface area contributed by atoms with E-state index in [1.165, 1.54) is 0 Å². The summed E-state index contributed by atoms with van der Waals surface area (Å²) < 4.78 is 10.7. The Morgan fingerprint density at radius 1 is 1.27 bits per heavy atom. The van der Waals surface area contributed by atoms with Crippen LogP contribution in [0.3, 0.4) is 0 Å². The predicted octanol–water partition coefficient (Wildman–Crippen LogP) is 3.06. The number of nitrogens with one attached hydrogen (secondary N) is 1. The van der Waals surface area contributed by atoms with Gasteiger partial charge in [-0.3, -0.25) is 4.79 Å². The second kappa shape index (κ2) is 5.85. The first kappa shape index (κ1) is 14.7. The van der Waals surface area contributed by atoms with Crippen molar-refractivity contribution in [2.24, 2.45) is 0 Å². The predicted molar refractivity (Wildman–Crippen MR) is 83.7 cm³/mol. The van der Waals surface area contributed by atoms with E-state index in [1.54, 1.807) is 13.4 Å². The maximum absolute atomic E-state index is 12.9. The van der Waals surface area contributed by atoms with E-state index in [2.05, 4.69) is 5.32 Å². The molecule has 1 amide bonds. The highest BCUT2D eigenvalue weighted by molar-refractivity contribution is 6.02. The van der Waals surface area contributed by atoms with Gasteiger partial charge in [0.2, 0.25) is 0 Å². The van der Waals surface area contributed by atoms with E-state index < -0.39 is 5.66 Å². The monoisotopic (exact) mass is 300 g/mol. The Balaban J connectivity index is 2.00. The van der Waals surface area contributed by atoms with E-state index in [-0.39, 0.29) is 5.91 Å². The van der Waals surface area contributed by atoms with Crippen LogP contribution in [-0.2, 0) is 10.4 Å². The topological polar surface area (TPSA) is 54.7 Å². The van der Waals surface area contributed by atoms with Crippen LogP contribution >= 0.6 is 0 Å². The van der Waals surface area contributed by atoms with E-state index in [4.69, 9.17) is 9.15 Å². The largest absolute Gasteiger partial charge is 0.465 e. The summed E-state index contributed by atoms with van der Waals surface area (Å²) in [5.41, 5.74) is 0.807. The Bertz CT molecular complexity index is 654. The molecule has 3 rings (SSSR count). The summed E-state index contributed by atoms with van der Waals surface area (Å²) in [6.07, 6.45) is 2.39. The van der Waals surface area contributed by atoms with Crippen molar-refractivity contribution in [3.63, 3.8) is 0 Å². The third-order valence-corrected chi connectivity index (χ3v) is 4.05. The lowest BCUT2D eigenvalue weighted by Crippen LogP contribution is -2.56. The molecule has 1 atom stereocenters. The van der Waals surface area contributed by atoms with E-state index in [9.17, 15) is 4.79 Å². The maximum Gasteiger partial charge on any atom is 0.258 e. The van der Waals surface area contributed by atoms with Gasteiger partial charge in [-0.2, -0.15) is 0 Å². The van der Waals surface area contributed by atoms with E-state index >= 15 is 0 Å². The molecule has 0 spiro atoms. The molecule has 0 aliphatic carbocycles. The van der Waals surface area contributed by atoms with Gasteiger partial charge in [0.1, 0.15) is 5.76 Å². The van der Waals surface area contributed by atoms with Gasteiger partial charge in [0, 0.05) is 25.9 Å². The summed E-state index contributed by atoms with van der Waals surface area (Å²) >= 11 is 0. The number of carbonyl (C=O) groups is 1. The zero-order valence-electron chi connectivity index (χ0n) is 12.8. The van der Waals surface area contributed by atoms with Crippen LogP contribution in [0.4, 0.5) is 5.69 Å². The molecule has 116 valence electrons. The highest BCUT2D eigenvalue weighted by Gasteiger charge is 2.43. The fourth-order valence-electron chi connectivity index (χ4n) is 2.90. The molecule has 2 aromatic rings. The second-order valence-electron chi connectivity index (χ2n) is 5.52. The van der Waals surface area contributed by atoms with Gasteiger partial charge in [-0.15, -0.1) is 0 Å².